The first kappa shape index (κ1) is 16.2. The lowest BCUT2D eigenvalue weighted by atomic mass is 9.78. The number of hydrogen-bond donors (Lipinski definition) is 1. The van der Waals surface area contributed by atoms with Crippen molar-refractivity contribution in [1.29, 1.82) is 0 Å². The fourth-order valence-electron chi connectivity index (χ4n) is 2.52. The molecule has 1 aromatic carbocycles. The van der Waals surface area contributed by atoms with Crippen LogP contribution in [0.5, 0.6) is 5.75 Å². The predicted molar refractivity (Wildman–Crippen MR) is 90.6 cm³/mol. The van der Waals surface area contributed by atoms with E-state index in [0.717, 1.165) is 22.3 Å². The van der Waals surface area contributed by atoms with Gasteiger partial charge >= 0.3 is 0 Å². The molecule has 2 rings (SSSR count). The molecule has 1 unspecified atom stereocenters. The van der Waals surface area contributed by atoms with E-state index in [1.807, 2.05) is 5.82 Å². The number of rotatable bonds is 2. The molecular weight excluding hydrogens is 279 g/mol. The zero-order valence-electron chi connectivity index (χ0n) is 13.8. The van der Waals surface area contributed by atoms with Crippen LogP contribution in [-0.2, 0) is 22.0 Å². The summed E-state index contributed by atoms with van der Waals surface area (Å²) in [6, 6.07) is 4.11. The Kier molecular flexibility index (Phi) is 4.06. The normalized spacial score (nSPS) is 16.9. The van der Waals surface area contributed by atoms with Crippen LogP contribution in [-0.4, -0.2) is 10.6 Å². The van der Waals surface area contributed by atoms with E-state index >= 15 is 0 Å². The predicted octanol–water partition coefficient (Wildman–Crippen LogP) is 4.63. The van der Waals surface area contributed by atoms with Crippen molar-refractivity contribution in [1.82, 2.24) is 0 Å². The van der Waals surface area contributed by atoms with Gasteiger partial charge in [-0.05, 0) is 41.9 Å². The second kappa shape index (κ2) is 5.25. The van der Waals surface area contributed by atoms with Crippen LogP contribution in [0.15, 0.2) is 23.5 Å². The van der Waals surface area contributed by atoms with Crippen LogP contribution in [0, 0.1) is 0 Å². The standard InChI is InChI=1S/C18H25O2P/c1-17(2,3)13-8-11(7-12-10-21-16(12)20)9-14(15(13)19)18(4,5)6/h8-10,19,21H,7H2,1-6H3. The maximum atomic E-state index is 11.6. The smallest absolute Gasteiger partial charge is 0.181 e. The molecule has 21 heavy (non-hydrogen) atoms. The van der Waals surface area contributed by atoms with Gasteiger partial charge in [0.2, 0.25) is 0 Å². The van der Waals surface area contributed by atoms with Crippen LogP contribution in [0.2, 0.25) is 0 Å². The molecule has 1 aliphatic heterocycles. The molecule has 0 aromatic heterocycles. The summed E-state index contributed by atoms with van der Waals surface area (Å²) >= 11 is 0. The van der Waals surface area contributed by atoms with Crippen molar-refractivity contribution in [2.75, 3.05) is 0 Å². The van der Waals surface area contributed by atoms with Crippen LogP contribution in [0.1, 0.15) is 58.2 Å². The van der Waals surface area contributed by atoms with Gasteiger partial charge in [0.05, 0.1) is 0 Å². The number of phenolic OH excluding ortho intramolecular Hbond substituents is 1. The Labute approximate surface area is 129 Å². The van der Waals surface area contributed by atoms with E-state index in [1.54, 1.807) is 0 Å². The molecule has 1 atom stereocenters. The van der Waals surface area contributed by atoms with E-state index in [4.69, 9.17) is 0 Å². The number of carbonyl (C=O) groups excluding carboxylic acids is 1. The fraction of sp³-hybridized carbons (Fsp3) is 0.500. The third-order valence-corrected chi connectivity index (χ3v) is 4.93. The summed E-state index contributed by atoms with van der Waals surface area (Å²) in [7, 11) is 0.347. The summed E-state index contributed by atoms with van der Waals surface area (Å²) in [6.07, 6.45) is 0.679. The number of hydrogen-bond acceptors (Lipinski definition) is 2. The van der Waals surface area contributed by atoms with E-state index in [-0.39, 0.29) is 16.4 Å². The molecule has 0 saturated heterocycles. The van der Waals surface area contributed by atoms with Gasteiger partial charge in [0.1, 0.15) is 5.75 Å². The van der Waals surface area contributed by atoms with Gasteiger partial charge in [-0.25, -0.2) is 0 Å². The lowest BCUT2D eigenvalue weighted by Gasteiger charge is -2.28. The van der Waals surface area contributed by atoms with Gasteiger partial charge in [-0.2, -0.15) is 0 Å². The SMILES string of the molecule is CC(C)(C)c1cc(CC2=CPC2=O)cc(C(C)(C)C)c1O. The Hall–Kier alpha value is -1.14. The molecule has 1 aromatic rings. The minimum Gasteiger partial charge on any atom is -0.507 e. The van der Waals surface area contributed by atoms with Gasteiger partial charge in [0.25, 0.3) is 0 Å². The second-order valence-corrected chi connectivity index (χ2v) is 8.89. The van der Waals surface area contributed by atoms with Gasteiger partial charge < -0.3 is 5.11 Å². The van der Waals surface area contributed by atoms with Crippen LogP contribution >= 0.6 is 8.58 Å². The highest BCUT2D eigenvalue weighted by molar-refractivity contribution is 7.64. The molecular formula is C18H25O2P. The van der Waals surface area contributed by atoms with E-state index in [0.29, 0.717) is 20.8 Å². The topological polar surface area (TPSA) is 37.3 Å². The highest BCUT2D eigenvalue weighted by atomic mass is 31.1. The first-order valence-corrected chi connectivity index (χ1v) is 8.44. The molecule has 2 nitrogen and oxygen atoms in total. The zero-order chi connectivity index (χ0) is 16.0. The minimum atomic E-state index is -0.125. The summed E-state index contributed by atoms with van der Waals surface area (Å²) < 4.78 is 0. The summed E-state index contributed by atoms with van der Waals surface area (Å²) in [4.78, 5) is 11.6. The summed E-state index contributed by atoms with van der Waals surface area (Å²) in [5.74, 6) is 2.43. The summed E-state index contributed by atoms with van der Waals surface area (Å²) in [6.45, 7) is 12.6. The molecule has 0 aliphatic carbocycles. The van der Waals surface area contributed by atoms with Crippen LogP contribution < -0.4 is 0 Å². The maximum Gasteiger partial charge on any atom is 0.181 e. The molecule has 0 radical (unpaired) electrons. The highest BCUT2D eigenvalue weighted by Gasteiger charge is 2.27. The number of phenols is 1. The van der Waals surface area contributed by atoms with Gasteiger partial charge in [-0.1, -0.05) is 53.7 Å². The van der Waals surface area contributed by atoms with Crippen molar-refractivity contribution in [2.45, 2.75) is 58.8 Å². The molecule has 1 N–H and O–H groups in total. The van der Waals surface area contributed by atoms with Crippen molar-refractivity contribution >= 4 is 14.1 Å². The van der Waals surface area contributed by atoms with Gasteiger partial charge in [-0.3, -0.25) is 4.79 Å². The summed E-state index contributed by atoms with van der Waals surface area (Å²) in [5, 5.41) is 10.7. The average molecular weight is 304 g/mol. The van der Waals surface area contributed by atoms with Crippen LogP contribution in [0.25, 0.3) is 0 Å². The van der Waals surface area contributed by atoms with Crippen molar-refractivity contribution in [2.24, 2.45) is 0 Å². The lowest BCUT2D eigenvalue weighted by molar-refractivity contribution is -0.108. The Balaban J connectivity index is 2.54. The third-order valence-electron chi connectivity index (χ3n) is 3.85. The Morgan fingerprint density at radius 2 is 1.48 bits per heavy atom. The van der Waals surface area contributed by atoms with Crippen LogP contribution in [0.3, 0.4) is 0 Å². The van der Waals surface area contributed by atoms with Gasteiger partial charge in [0, 0.05) is 12.0 Å². The molecule has 0 saturated carbocycles. The largest absolute Gasteiger partial charge is 0.507 e. The summed E-state index contributed by atoms with van der Waals surface area (Å²) in [5.41, 5.74) is 3.97. The number of allylic oxidation sites excluding steroid dienone is 1. The lowest BCUT2D eigenvalue weighted by Crippen LogP contribution is -2.18. The number of benzene rings is 1. The molecule has 3 heteroatoms. The highest BCUT2D eigenvalue weighted by Crippen LogP contribution is 2.41. The average Bonchev–Trinajstić information content (AvgIpc) is 2.32. The molecule has 0 spiro atoms. The first-order valence-electron chi connectivity index (χ1n) is 7.37. The molecule has 0 amide bonds. The van der Waals surface area contributed by atoms with Crippen molar-refractivity contribution in [3.8, 4) is 5.75 Å². The van der Waals surface area contributed by atoms with Crippen molar-refractivity contribution < 1.29 is 9.90 Å². The molecule has 1 heterocycles. The molecule has 1 aliphatic rings. The zero-order valence-corrected chi connectivity index (χ0v) is 14.8. The Morgan fingerprint density at radius 1 is 1.00 bits per heavy atom. The second-order valence-electron chi connectivity index (χ2n) is 7.86. The maximum absolute atomic E-state index is 11.6. The van der Waals surface area contributed by atoms with E-state index in [1.165, 1.54) is 0 Å². The quantitative estimate of drug-likeness (QED) is 0.809. The molecule has 0 bridgehead atoms. The first-order chi connectivity index (χ1) is 9.50. The molecule has 114 valence electrons. The Bertz CT molecular complexity index is 578. The monoisotopic (exact) mass is 304 g/mol. The van der Waals surface area contributed by atoms with E-state index in [2.05, 4.69) is 53.7 Å². The molecule has 0 fully saturated rings. The van der Waals surface area contributed by atoms with Crippen molar-refractivity contribution in [3.63, 3.8) is 0 Å². The fourth-order valence-corrected chi connectivity index (χ4v) is 3.18. The Morgan fingerprint density at radius 3 is 1.76 bits per heavy atom. The number of aromatic hydroxyl groups is 1. The van der Waals surface area contributed by atoms with E-state index < -0.39 is 0 Å². The van der Waals surface area contributed by atoms with E-state index in [9.17, 15) is 9.90 Å². The minimum absolute atomic E-state index is 0.125. The van der Waals surface area contributed by atoms with Gasteiger partial charge in [0.15, 0.2) is 5.52 Å². The van der Waals surface area contributed by atoms with Crippen molar-refractivity contribution in [3.05, 3.63) is 40.2 Å². The van der Waals surface area contributed by atoms with Gasteiger partial charge in [-0.15, -0.1) is 0 Å². The third kappa shape index (κ3) is 3.37. The van der Waals surface area contributed by atoms with Crippen LogP contribution in [0.4, 0.5) is 0 Å². The number of carbonyl (C=O) groups is 1.